The lowest BCUT2D eigenvalue weighted by Crippen LogP contribution is -2.23. The Hall–Kier alpha value is -1.73. The fourth-order valence-electron chi connectivity index (χ4n) is 2.34. The van der Waals surface area contributed by atoms with Crippen LogP contribution < -0.4 is 10.1 Å². The first-order valence-electron chi connectivity index (χ1n) is 7.14. The van der Waals surface area contributed by atoms with E-state index in [4.69, 9.17) is 23.2 Å². The largest absolute Gasteiger partial charge is 0.291 e. The number of benzene rings is 2. The molecule has 25 heavy (non-hydrogen) atoms. The van der Waals surface area contributed by atoms with E-state index in [0.29, 0.717) is 25.4 Å². The Labute approximate surface area is 164 Å². The van der Waals surface area contributed by atoms with Crippen LogP contribution in [0.2, 0.25) is 10.0 Å². The van der Waals surface area contributed by atoms with Crippen molar-refractivity contribution in [3.63, 3.8) is 0 Å². The van der Waals surface area contributed by atoms with Crippen LogP contribution >= 0.6 is 50.5 Å². The van der Waals surface area contributed by atoms with Gasteiger partial charge in [0.1, 0.15) is 0 Å². The molecule has 0 radical (unpaired) electrons. The number of halogens is 3. The molecule has 2 heterocycles. The van der Waals surface area contributed by atoms with E-state index in [-0.39, 0.29) is 5.56 Å². The van der Waals surface area contributed by atoms with E-state index < -0.39 is 0 Å². The molecule has 124 valence electrons. The Kier molecular flexibility index (Phi) is 4.37. The van der Waals surface area contributed by atoms with Gasteiger partial charge >= 0.3 is 0 Å². The Morgan fingerprint density at radius 1 is 1.12 bits per heavy atom. The highest BCUT2D eigenvalue weighted by Gasteiger charge is 2.13. The van der Waals surface area contributed by atoms with Crippen molar-refractivity contribution in [1.29, 1.82) is 0 Å². The maximum Gasteiger partial charge on any atom is 0.291 e. The molecule has 0 N–H and O–H groups in total. The summed E-state index contributed by atoms with van der Waals surface area (Å²) in [5.41, 5.74) is 1.42. The van der Waals surface area contributed by atoms with Gasteiger partial charge in [0.25, 0.3) is 5.56 Å². The number of hydrogen-bond donors (Lipinski definition) is 0. The lowest BCUT2D eigenvalue weighted by Gasteiger charge is -1.97. The molecule has 8 heteroatoms. The summed E-state index contributed by atoms with van der Waals surface area (Å²) in [6.45, 7) is 0. The minimum atomic E-state index is -0.211. The normalized spacial score (nSPS) is 12.2. The minimum Gasteiger partial charge on any atom is -0.266 e. The lowest BCUT2D eigenvalue weighted by atomic mass is 10.2. The van der Waals surface area contributed by atoms with Crippen LogP contribution in [0.5, 0.6) is 0 Å². The van der Waals surface area contributed by atoms with Crippen molar-refractivity contribution in [2.24, 2.45) is 0 Å². The molecule has 4 aromatic rings. The number of hydrogen-bond acceptors (Lipinski definition) is 4. The quantitative estimate of drug-likeness (QED) is 0.451. The van der Waals surface area contributed by atoms with Crippen LogP contribution in [0.1, 0.15) is 5.56 Å². The molecular formula is C17H8BrCl2N3OS. The first kappa shape index (κ1) is 16.7. The van der Waals surface area contributed by atoms with Crippen molar-refractivity contribution < 1.29 is 0 Å². The third-order valence-corrected chi connectivity index (χ3v) is 5.93. The van der Waals surface area contributed by atoms with Gasteiger partial charge in [-0.1, -0.05) is 68.7 Å². The third-order valence-electron chi connectivity index (χ3n) is 3.54. The van der Waals surface area contributed by atoms with Crippen molar-refractivity contribution in [1.82, 2.24) is 14.6 Å². The third kappa shape index (κ3) is 3.11. The number of thiazole rings is 1. The van der Waals surface area contributed by atoms with E-state index in [9.17, 15) is 4.79 Å². The molecule has 4 nitrogen and oxygen atoms in total. The van der Waals surface area contributed by atoms with Gasteiger partial charge in [-0.05, 0) is 35.9 Å². The van der Waals surface area contributed by atoms with Crippen molar-refractivity contribution in [3.05, 3.63) is 77.4 Å². The Bertz CT molecular complexity index is 1220. The maximum absolute atomic E-state index is 12.6. The smallest absolute Gasteiger partial charge is 0.266 e. The van der Waals surface area contributed by atoms with Gasteiger partial charge in [-0.3, -0.25) is 4.79 Å². The number of nitrogens with zero attached hydrogens (tertiary/aromatic N) is 3. The zero-order valence-electron chi connectivity index (χ0n) is 12.4. The summed E-state index contributed by atoms with van der Waals surface area (Å²) in [7, 11) is 0. The van der Waals surface area contributed by atoms with Gasteiger partial charge in [0.2, 0.25) is 4.96 Å². The second-order valence-electron chi connectivity index (χ2n) is 5.20. The molecule has 0 atom stereocenters. The van der Waals surface area contributed by atoms with Crippen molar-refractivity contribution in [2.75, 3.05) is 0 Å². The van der Waals surface area contributed by atoms with Gasteiger partial charge in [-0.25, -0.2) is 0 Å². The van der Waals surface area contributed by atoms with Gasteiger partial charge in [-0.2, -0.15) is 9.50 Å². The molecule has 2 aromatic heterocycles. The van der Waals surface area contributed by atoms with E-state index in [1.54, 1.807) is 24.3 Å². The highest BCUT2D eigenvalue weighted by molar-refractivity contribution is 9.10. The zero-order valence-corrected chi connectivity index (χ0v) is 16.3. The summed E-state index contributed by atoms with van der Waals surface area (Å²) in [6.07, 6.45) is 1.75. The molecule has 0 spiro atoms. The minimum absolute atomic E-state index is 0.211. The molecular weight excluding hydrogens is 445 g/mol. The molecule has 0 aliphatic rings. The monoisotopic (exact) mass is 451 g/mol. The summed E-state index contributed by atoms with van der Waals surface area (Å²) in [4.78, 5) is 17.6. The van der Waals surface area contributed by atoms with E-state index in [0.717, 1.165) is 15.6 Å². The summed E-state index contributed by atoms with van der Waals surface area (Å²) >= 11 is 16.7. The first-order chi connectivity index (χ1) is 12.0. The maximum atomic E-state index is 12.6. The van der Waals surface area contributed by atoms with Crippen LogP contribution in [0.15, 0.2) is 51.7 Å². The van der Waals surface area contributed by atoms with Gasteiger partial charge in [-0.15, -0.1) is 5.10 Å². The summed E-state index contributed by atoms with van der Waals surface area (Å²) < 4.78 is 2.73. The predicted octanol–water partition coefficient (Wildman–Crippen LogP) is 4.44. The molecule has 0 unspecified atom stereocenters. The molecule has 0 saturated heterocycles. The summed E-state index contributed by atoms with van der Waals surface area (Å²) in [5, 5.41) is 5.26. The topological polar surface area (TPSA) is 47.3 Å². The Morgan fingerprint density at radius 2 is 1.92 bits per heavy atom. The first-order valence-corrected chi connectivity index (χ1v) is 9.51. The van der Waals surface area contributed by atoms with E-state index in [1.165, 1.54) is 15.9 Å². The van der Waals surface area contributed by atoms with Crippen LogP contribution in [-0.4, -0.2) is 14.6 Å². The van der Waals surface area contributed by atoms with Crippen LogP contribution in [0.4, 0.5) is 0 Å². The standard InChI is InChI=1S/C17H8BrCl2N3OS/c18-11-4-2-1-3-10(11)15-21-17-23(22-15)16(24)14(25-17)8-9-5-6-12(19)13(20)7-9/h1-8H. The zero-order chi connectivity index (χ0) is 17.6. The fourth-order valence-corrected chi connectivity index (χ4v) is 4.02. The molecule has 0 amide bonds. The van der Waals surface area contributed by atoms with Crippen molar-refractivity contribution in [3.8, 4) is 11.4 Å². The highest BCUT2D eigenvalue weighted by Crippen LogP contribution is 2.26. The van der Waals surface area contributed by atoms with Crippen molar-refractivity contribution >= 4 is 61.5 Å². The average molecular weight is 453 g/mol. The van der Waals surface area contributed by atoms with Gasteiger partial charge in [0, 0.05) is 10.0 Å². The SMILES string of the molecule is O=c1c(=Cc2ccc(Cl)c(Cl)c2)sc2nc(-c3ccccc3Br)nn12. The lowest BCUT2D eigenvalue weighted by molar-refractivity contribution is 0.936. The highest BCUT2D eigenvalue weighted by atomic mass is 79.9. The van der Waals surface area contributed by atoms with E-state index in [1.807, 2.05) is 24.3 Å². The molecule has 4 rings (SSSR count). The van der Waals surface area contributed by atoms with Crippen LogP contribution in [0, 0.1) is 0 Å². The van der Waals surface area contributed by atoms with Gasteiger partial charge in [0.15, 0.2) is 5.82 Å². The van der Waals surface area contributed by atoms with Gasteiger partial charge < -0.3 is 0 Å². The number of rotatable bonds is 2. The number of fused-ring (bicyclic) bond motifs is 1. The van der Waals surface area contributed by atoms with Crippen LogP contribution in [-0.2, 0) is 0 Å². The summed E-state index contributed by atoms with van der Waals surface area (Å²) in [6, 6.07) is 12.8. The van der Waals surface area contributed by atoms with E-state index >= 15 is 0 Å². The molecule has 0 saturated carbocycles. The second-order valence-corrected chi connectivity index (χ2v) is 7.88. The van der Waals surface area contributed by atoms with E-state index in [2.05, 4.69) is 26.0 Å². The Balaban J connectivity index is 1.83. The number of aromatic nitrogens is 3. The predicted molar refractivity (Wildman–Crippen MR) is 106 cm³/mol. The van der Waals surface area contributed by atoms with Crippen LogP contribution in [0.25, 0.3) is 22.4 Å². The Morgan fingerprint density at radius 3 is 2.64 bits per heavy atom. The molecule has 0 bridgehead atoms. The molecule has 0 fully saturated rings. The van der Waals surface area contributed by atoms with Gasteiger partial charge in [0.05, 0.1) is 14.6 Å². The second kappa shape index (κ2) is 6.53. The fraction of sp³-hybridized carbons (Fsp3) is 0. The van der Waals surface area contributed by atoms with Crippen molar-refractivity contribution in [2.45, 2.75) is 0 Å². The summed E-state index contributed by atoms with van der Waals surface area (Å²) in [5.74, 6) is 0.511. The average Bonchev–Trinajstić information content (AvgIpc) is 3.12. The molecule has 0 aliphatic heterocycles. The van der Waals surface area contributed by atoms with Crippen LogP contribution in [0.3, 0.4) is 0 Å². The molecule has 0 aliphatic carbocycles. The molecule has 2 aromatic carbocycles.